The van der Waals surface area contributed by atoms with Gasteiger partial charge in [-0.1, -0.05) is 30.3 Å². The van der Waals surface area contributed by atoms with Crippen molar-refractivity contribution in [3.8, 4) is 0 Å². The first-order valence-corrected chi connectivity index (χ1v) is 6.37. The van der Waals surface area contributed by atoms with Crippen LogP contribution in [-0.2, 0) is 13.1 Å². The molecule has 5 heteroatoms. The lowest BCUT2D eigenvalue weighted by atomic mass is 10.1. The molecule has 0 atom stereocenters. The molecular weight excluding hydrogens is 254 g/mol. The summed E-state index contributed by atoms with van der Waals surface area (Å²) in [6.07, 6.45) is 0. The molecule has 3 N–H and O–H groups in total. The van der Waals surface area contributed by atoms with Gasteiger partial charge in [0.25, 0.3) is 5.69 Å². The Morgan fingerprint density at radius 1 is 1.20 bits per heavy atom. The first-order valence-electron chi connectivity index (χ1n) is 6.37. The quantitative estimate of drug-likeness (QED) is 0.647. The molecule has 0 spiro atoms. The zero-order valence-corrected chi connectivity index (χ0v) is 11.3. The molecule has 0 unspecified atom stereocenters. The summed E-state index contributed by atoms with van der Waals surface area (Å²) in [5.74, 6) is 0. The average molecular weight is 271 g/mol. The molecule has 0 radical (unpaired) electrons. The number of rotatable bonds is 5. The van der Waals surface area contributed by atoms with Gasteiger partial charge >= 0.3 is 0 Å². The second-order valence-corrected chi connectivity index (χ2v) is 4.58. The largest absolute Gasteiger partial charge is 0.381 e. The van der Waals surface area contributed by atoms with Gasteiger partial charge in [0.2, 0.25) is 0 Å². The fraction of sp³-hybridized carbons (Fsp3) is 0.200. The number of nitrogens with two attached hydrogens (primary N) is 1. The highest BCUT2D eigenvalue weighted by Crippen LogP contribution is 2.22. The summed E-state index contributed by atoms with van der Waals surface area (Å²) < 4.78 is 0. The number of hydrogen-bond acceptors (Lipinski definition) is 4. The minimum atomic E-state index is -0.390. The number of anilines is 1. The number of nitrogens with zero attached hydrogens (tertiary/aromatic N) is 1. The fourth-order valence-electron chi connectivity index (χ4n) is 2.03. The molecule has 5 nitrogen and oxygen atoms in total. The van der Waals surface area contributed by atoms with Gasteiger partial charge in [-0.05, 0) is 23.6 Å². The number of nitrogens with one attached hydrogen (secondary N) is 1. The lowest BCUT2D eigenvalue weighted by Gasteiger charge is -2.12. The van der Waals surface area contributed by atoms with Crippen LogP contribution < -0.4 is 11.1 Å². The van der Waals surface area contributed by atoms with E-state index in [1.807, 2.05) is 31.2 Å². The third-order valence-electron chi connectivity index (χ3n) is 3.24. The van der Waals surface area contributed by atoms with E-state index in [-0.39, 0.29) is 5.69 Å². The smallest absolute Gasteiger partial charge is 0.271 e. The van der Waals surface area contributed by atoms with Crippen LogP contribution in [0, 0.1) is 17.0 Å². The highest BCUT2D eigenvalue weighted by atomic mass is 16.6. The van der Waals surface area contributed by atoms with E-state index in [1.165, 1.54) is 6.07 Å². The van der Waals surface area contributed by atoms with E-state index in [0.717, 1.165) is 22.4 Å². The summed E-state index contributed by atoms with van der Waals surface area (Å²) in [7, 11) is 0. The molecule has 0 fully saturated rings. The lowest BCUT2D eigenvalue weighted by molar-refractivity contribution is -0.384. The van der Waals surface area contributed by atoms with Gasteiger partial charge in [-0.3, -0.25) is 10.1 Å². The van der Waals surface area contributed by atoms with Gasteiger partial charge in [0.1, 0.15) is 0 Å². The van der Waals surface area contributed by atoms with Crippen LogP contribution in [0.1, 0.15) is 16.7 Å². The maximum Gasteiger partial charge on any atom is 0.271 e. The third kappa shape index (κ3) is 3.13. The highest BCUT2D eigenvalue weighted by Gasteiger charge is 2.08. The summed E-state index contributed by atoms with van der Waals surface area (Å²) in [5.41, 5.74) is 9.70. The molecule has 2 aromatic carbocycles. The van der Waals surface area contributed by atoms with Crippen molar-refractivity contribution in [3.63, 3.8) is 0 Å². The Morgan fingerprint density at radius 3 is 2.55 bits per heavy atom. The number of aryl methyl sites for hydroxylation is 1. The number of benzene rings is 2. The Morgan fingerprint density at radius 2 is 1.90 bits per heavy atom. The van der Waals surface area contributed by atoms with Crippen molar-refractivity contribution >= 4 is 11.4 Å². The normalized spacial score (nSPS) is 10.3. The van der Waals surface area contributed by atoms with Crippen LogP contribution in [0.3, 0.4) is 0 Å². The first-order chi connectivity index (χ1) is 9.61. The molecule has 0 aliphatic carbocycles. The number of nitro groups is 1. The number of nitro benzene ring substituents is 1. The van der Waals surface area contributed by atoms with Crippen molar-refractivity contribution in [1.29, 1.82) is 0 Å². The van der Waals surface area contributed by atoms with Crippen LogP contribution >= 0.6 is 0 Å². The van der Waals surface area contributed by atoms with Crippen LogP contribution in [0.15, 0.2) is 42.5 Å². The van der Waals surface area contributed by atoms with Crippen LogP contribution in [0.4, 0.5) is 11.4 Å². The molecule has 0 amide bonds. The lowest BCUT2D eigenvalue weighted by Crippen LogP contribution is -2.07. The van der Waals surface area contributed by atoms with Gasteiger partial charge in [0.15, 0.2) is 0 Å². The molecule has 0 aromatic heterocycles. The Kier molecular flexibility index (Phi) is 4.32. The van der Waals surface area contributed by atoms with E-state index < -0.39 is 4.92 Å². The third-order valence-corrected chi connectivity index (χ3v) is 3.24. The molecule has 0 aliphatic rings. The summed E-state index contributed by atoms with van der Waals surface area (Å²) in [5, 5.41) is 14.0. The van der Waals surface area contributed by atoms with Gasteiger partial charge in [0.05, 0.1) is 4.92 Å². The molecule has 2 aromatic rings. The Balaban J connectivity index is 2.18. The van der Waals surface area contributed by atoms with Crippen molar-refractivity contribution in [2.75, 3.05) is 5.32 Å². The Hall–Kier alpha value is -2.40. The first kappa shape index (κ1) is 14.0. The van der Waals surface area contributed by atoms with Crippen LogP contribution in [0.2, 0.25) is 0 Å². The molecule has 20 heavy (non-hydrogen) atoms. The van der Waals surface area contributed by atoms with Crippen LogP contribution in [-0.4, -0.2) is 4.92 Å². The summed E-state index contributed by atoms with van der Waals surface area (Å²) in [6.45, 7) is 2.99. The average Bonchev–Trinajstić information content (AvgIpc) is 2.46. The van der Waals surface area contributed by atoms with E-state index in [0.29, 0.717) is 13.1 Å². The van der Waals surface area contributed by atoms with E-state index >= 15 is 0 Å². The molecule has 0 saturated carbocycles. The summed E-state index contributed by atoms with van der Waals surface area (Å²) in [6, 6.07) is 12.7. The predicted octanol–water partition coefficient (Wildman–Crippen LogP) is 2.97. The molecule has 0 bridgehead atoms. The monoisotopic (exact) mass is 271 g/mol. The zero-order chi connectivity index (χ0) is 14.5. The molecule has 0 heterocycles. The Labute approximate surface area is 117 Å². The van der Waals surface area contributed by atoms with Gasteiger partial charge in [-0.25, -0.2) is 0 Å². The molecule has 0 aliphatic heterocycles. The van der Waals surface area contributed by atoms with Crippen molar-refractivity contribution in [3.05, 3.63) is 69.3 Å². The number of hydrogen-bond donors (Lipinski definition) is 2. The van der Waals surface area contributed by atoms with Gasteiger partial charge < -0.3 is 11.1 Å². The molecule has 2 rings (SSSR count). The van der Waals surface area contributed by atoms with Crippen molar-refractivity contribution in [2.24, 2.45) is 5.73 Å². The maximum absolute atomic E-state index is 10.8. The van der Waals surface area contributed by atoms with Crippen molar-refractivity contribution in [2.45, 2.75) is 20.0 Å². The minimum absolute atomic E-state index is 0.0882. The standard InChI is InChI=1S/C15H17N3O2/c1-11-6-7-14(18(19)20)8-15(11)17-10-13-5-3-2-4-12(13)9-16/h2-8,17H,9-10,16H2,1H3. The van der Waals surface area contributed by atoms with E-state index in [4.69, 9.17) is 5.73 Å². The number of non-ortho nitro benzene ring substituents is 1. The van der Waals surface area contributed by atoms with Crippen LogP contribution in [0.5, 0.6) is 0 Å². The predicted molar refractivity (Wildman–Crippen MR) is 79.5 cm³/mol. The molecule has 0 saturated heterocycles. The van der Waals surface area contributed by atoms with Gasteiger partial charge in [-0.15, -0.1) is 0 Å². The highest BCUT2D eigenvalue weighted by molar-refractivity contribution is 5.57. The van der Waals surface area contributed by atoms with E-state index in [9.17, 15) is 10.1 Å². The minimum Gasteiger partial charge on any atom is -0.381 e. The Bertz CT molecular complexity index is 626. The SMILES string of the molecule is Cc1ccc([N+](=O)[O-])cc1NCc1ccccc1CN. The molecular formula is C15H17N3O2. The summed E-state index contributed by atoms with van der Waals surface area (Å²) >= 11 is 0. The fourth-order valence-corrected chi connectivity index (χ4v) is 2.03. The van der Waals surface area contributed by atoms with E-state index in [2.05, 4.69) is 5.32 Å². The van der Waals surface area contributed by atoms with E-state index in [1.54, 1.807) is 12.1 Å². The van der Waals surface area contributed by atoms with Crippen molar-refractivity contribution < 1.29 is 4.92 Å². The zero-order valence-electron chi connectivity index (χ0n) is 11.3. The topological polar surface area (TPSA) is 81.2 Å². The maximum atomic E-state index is 10.8. The van der Waals surface area contributed by atoms with Gasteiger partial charge in [0, 0.05) is 30.9 Å². The molecule has 104 valence electrons. The second kappa shape index (κ2) is 6.16. The van der Waals surface area contributed by atoms with Crippen LogP contribution in [0.25, 0.3) is 0 Å². The second-order valence-electron chi connectivity index (χ2n) is 4.58. The van der Waals surface area contributed by atoms with Gasteiger partial charge in [-0.2, -0.15) is 0 Å². The van der Waals surface area contributed by atoms with Crippen molar-refractivity contribution in [1.82, 2.24) is 0 Å². The summed E-state index contributed by atoms with van der Waals surface area (Å²) in [4.78, 5) is 10.4.